The lowest BCUT2D eigenvalue weighted by Crippen LogP contribution is -2.20. The summed E-state index contributed by atoms with van der Waals surface area (Å²) in [4.78, 5) is 15.8. The Balaban J connectivity index is 1.96. The van der Waals surface area contributed by atoms with Gasteiger partial charge in [0.05, 0.1) is 0 Å². The summed E-state index contributed by atoms with van der Waals surface area (Å²) in [7, 11) is 0. The van der Waals surface area contributed by atoms with E-state index in [1.165, 1.54) is 0 Å². The number of carbonyl (C=O) groups excluding carboxylic acids is 1. The zero-order valence-electron chi connectivity index (χ0n) is 11.2. The van der Waals surface area contributed by atoms with Crippen LogP contribution in [-0.2, 0) is 11.3 Å². The number of phenolic OH excluding ortho intramolecular Hbond substituents is 1. The Morgan fingerprint density at radius 3 is 2.70 bits per heavy atom. The average molecular weight is 268 g/mol. The topological polar surface area (TPSA) is 62.2 Å². The number of benzene rings is 1. The van der Waals surface area contributed by atoms with E-state index in [2.05, 4.69) is 10.3 Å². The summed E-state index contributed by atoms with van der Waals surface area (Å²) < 4.78 is 0. The molecule has 2 N–H and O–H groups in total. The van der Waals surface area contributed by atoms with E-state index in [9.17, 15) is 9.90 Å². The van der Waals surface area contributed by atoms with Crippen LogP contribution in [0.3, 0.4) is 0 Å². The van der Waals surface area contributed by atoms with Crippen LogP contribution in [-0.4, -0.2) is 16.0 Å². The molecule has 0 saturated heterocycles. The third kappa shape index (κ3) is 3.95. The predicted molar refractivity (Wildman–Crippen MR) is 77.8 cm³/mol. The summed E-state index contributed by atoms with van der Waals surface area (Å²) in [6, 6.07) is 10.5. The fourth-order valence-corrected chi connectivity index (χ4v) is 1.75. The lowest BCUT2D eigenvalue weighted by atomic mass is 10.1. The number of aromatic nitrogens is 1. The van der Waals surface area contributed by atoms with E-state index >= 15 is 0 Å². The molecular weight excluding hydrogens is 252 g/mol. The number of allylic oxidation sites excluding steroid dienone is 1. The van der Waals surface area contributed by atoms with Gasteiger partial charge in [0, 0.05) is 25.0 Å². The Morgan fingerprint density at radius 1 is 1.30 bits per heavy atom. The number of pyridine rings is 1. The zero-order valence-corrected chi connectivity index (χ0v) is 11.2. The Labute approximate surface area is 117 Å². The highest BCUT2D eigenvalue weighted by molar-refractivity contribution is 5.94. The molecule has 0 aliphatic rings. The second-order valence-electron chi connectivity index (χ2n) is 4.45. The maximum absolute atomic E-state index is 11.8. The number of carbonyl (C=O) groups is 1. The number of nitrogens with zero attached hydrogens (tertiary/aromatic N) is 1. The highest BCUT2D eigenvalue weighted by atomic mass is 16.3. The van der Waals surface area contributed by atoms with Crippen molar-refractivity contribution in [3.05, 3.63) is 66.0 Å². The van der Waals surface area contributed by atoms with E-state index in [4.69, 9.17) is 0 Å². The molecule has 2 aromatic rings. The number of amides is 1. The van der Waals surface area contributed by atoms with Crippen LogP contribution >= 0.6 is 0 Å². The van der Waals surface area contributed by atoms with Crippen molar-refractivity contribution in [2.24, 2.45) is 0 Å². The molecule has 0 spiro atoms. The van der Waals surface area contributed by atoms with E-state index in [0.717, 1.165) is 16.7 Å². The number of nitrogens with one attached hydrogen (secondary N) is 1. The normalized spacial score (nSPS) is 11.2. The van der Waals surface area contributed by atoms with Crippen LogP contribution in [0.25, 0.3) is 5.57 Å². The molecule has 0 atom stereocenters. The maximum atomic E-state index is 11.8. The first-order chi connectivity index (χ1) is 9.65. The van der Waals surface area contributed by atoms with Crippen LogP contribution in [0.15, 0.2) is 54.9 Å². The van der Waals surface area contributed by atoms with Crippen LogP contribution in [0.2, 0.25) is 0 Å². The summed E-state index contributed by atoms with van der Waals surface area (Å²) in [5, 5.41) is 12.0. The standard InChI is InChI=1S/C16H16N2O2/c1-12(14-4-6-15(19)7-5-14)9-16(20)18-11-13-3-2-8-17-10-13/h2-10,19H,11H2,1H3,(H,18,20)/b12-9-. The Hall–Kier alpha value is -2.62. The van der Waals surface area contributed by atoms with Gasteiger partial charge >= 0.3 is 0 Å². The van der Waals surface area contributed by atoms with E-state index in [-0.39, 0.29) is 11.7 Å². The van der Waals surface area contributed by atoms with Gasteiger partial charge in [0.2, 0.25) is 5.91 Å². The van der Waals surface area contributed by atoms with E-state index < -0.39 is 0 Å². The molecule has 0 aliphatic heterocycles. The molecule has 1 aromatic heterocycles. The van der Waals surface area contributed by atoms with E-state index in [1.807, 2.05) is 19.1 Å². The summed E-state index contributed by atoms with van der Waals surface area (Å²) in [6.07, 6.45) is 4.96. The van der Waals surface area contributed by atoms with E-state index in [0.29, 0.717) is 6.54 Å². The first kappa shape index (κ1) is 13.8. The average Bonchev–Trinajstić information content (AvgIpc) is 2.47. The van der Waals surface area contributed by atoms with Crippen molar-refractivity contribution in [1.82, 2.24) is 10.3 Å². The summed E-state index contributed by atoms with van der Waals surface area (Å²) in [6.45, 7) is 2.31. The molecular formula is C16H16N2O2. The maximum Gasteiger partial charge on any atom is 0.244 e. The van der Waals surface area contributed by atoms with Crippen molar-refractivity contribution in [1.29, 1.82) is 0 Å². The third-order valence-electron chi connectivity index (χ3n) is 2.86. The summed E-state index contributed by atoms with van der Waals surface area (Å²) in [5.74, 6) is 0.0574. The van der Waals surface area contributed by atoms with Crippen molar-refractivity contribution in [2.45, 2.75) is 13.5 Å². The molecule has 0 radical (unpaired) electrons. The van der Waals surface area contributed by atoms with Crippen molar-refractivity contribution in [3.63, 3.8) is 0 Å². The van der Waals surface area contributed by atoms with Gasteiger partial charge in [-0.25, -0.2) is 0 Å². The lowest BCUT2D eigenvalue weighted by molar-refractivity contribution is -0.116. The molecule has 1 aromatic carbocycles. The van der Waals surface area contributed by atoms with Crippen molar-refractivity contribution < 1.29 is 9.90 Å². The third-order valence-corrected chi connectivity index (χ3v) is 2.86. The molecule has 1 heterocycles. The first-order valence-electron chi connectivity index (χ1n) is 6.29. The minimum atomic E-state index is -0.153. The van der Waals surface area contributed by atoms with Gasteiger partial charge in [0.15, 0.2) is 0 Å². The molecule has 4 nitrogen and oxygen atoms in total. The summed E-state index contributed by atoms with van der Waals surface area (Å²) in [5.41, 5.74) is 2.70. The number of aromatic hydroxyl groups is 1. The SMILES string of the molecule is C/C(=C/C(=O)NCc1cccnc1)c1ccc(O)cc1. The smallest absolute Gasteiger partial charge is 0.244 e. The van der Waals surface area contributed by atoms with E-state index in [1.54, 1.807) is 42.7 Å². The van der Waals surface area contributed by atoms with Gasteiger partial charge in [0.25, 0.3) is 0 Å². The van der Waals surface area contributed by atoms with Crippen molar-refractivity contribution >= 4 is 11.5 Å². The fourth-order valence-electron chi connectivity index (χ4n) is 1.75. The Bertz CT molecular complexity index is 604. The molecule has 1 amide bonds. The van der Waals surface area contributed by atoms with Gasteiger partial charge in [-0.15, -0.1) is 0 Å². The van der Waals surface area contributed by atoms with Crippen molar-refractivity contribution in [3.8, 4) is 5.75 Å². The largest absolute Gasteiger partial charge is 0.508 e. The molecule has 0 aliphatic carbocycles. The quantitative estimate of drug-likeness (QED) is 0.837. The number of phenols is 1. The summed E-state index contributed by atoms with van der Waals surface area (Å²) >= 11 is 0. The van der Waals surface area contributed by atoms with Gasteiger partial charge in [-0.3, -0.25) is 9.78 Å². The van der Waals surface area contributed by atoms with Crippen LogP contribution in [0.5, 0.6) is 5.75 Å². The minimum Gasteiger partial charge on any atom is -0.508 e. The van der Waals surface area contributed by atoms with Crippen LogP contribution in [0, 0.1) is 0 Å². The fraction of sp³-hybridized carbons (Fsp3) is 0.125. The Morgan fingerprint density at radius 2 is 2.05 bits per heavy atom. The lowest BCUT2D eigenvalue weighted by Gasteiger charge is -2.04. The van der Waals surface area contributed by atoms with Crippen molar-refractivity contribution in [2.75, 3.05) is 0 Å². The minimum absolute atomic E-state index is 0.153. The molecule has 0 unspecified atom stereocenters. The van der Waals surface area contributed by atoms with Gasteiger partial charge in [-0.1, -0.05) is 18.2 Å². The number of hydrogen-bond acceptors (Lipinski definition) is 3. The highest BCUT2D eigenvalue weighted by Gasteiger charge is 2.01. The second-order valence-corrected chi connectivity index (χ2v) is 4.45. The van der Waals surface area contributed by atoms with Gasteiger partial charge in [-0.05, 0) is 41.8 Å². The molecule has 4 heteroatoms. The van der Waals surface area contributed by atoms with Crippen LogP contribution < -0.4 is 5.32 Å². The zero-order chi connectivity index (χ0) is 14.4. The van der Waals surface area contributed by atoms with Crippen LogP contribution in [0.1, 0.15) is 18.1 Å². The Kier molecular flexibility index (Phi) is 4.50. The molecule has 102 valence electrons. The van der Waals surface area contributed by atoms with Crippen LogP contribution in [0.4, 0.5) is 0 Å². The number of rotatable bonds is 4. The highest BCUT2D eigenvalue weighted by Crippen LogP contribution is 2.17. The molecule has 0 saturated carbocycles. The van der Waals surface area contributed by atoms with Gasteiger partial charge < -0.3 is 10.4 Å². The number of hydrogen-bond donors (Lipinski definition) is 2. The molecule has 2 rings (SSSR count). The molecule has 0 bridgehead atoms. The monoisotopic (exact) mass is 268 g/mol. The molecule has 0 fully saturated rings. The van der Waals surface area contributed by atoms with Gasteiger partial charge in [0.1, 0.15) is 5.75 Å². The molecule has 20 heavy (non-hydrogen) atoms. The second kappa shape index (κ2) is 6.52. The first-order valence-corrected chi connectivity index (χ1v) is 6.29. The predicted octanol–water partition coefficient (Wildman–Crippen LogP) is 2.51. The van der Waals surface area contributed by atoms with Gasteiger partial charge in [-0.2, -0.15) is 0 Å².